The van der Waals surface area contributed by atoms with Crippen molar-refractivity contribution < 1.29 is 23.1 Å². The third-order valence-corrected chi connectivity index (χ3v) is 6.84. The lowest BCUT2D eigenvalue weighted by molar-refractivity contribution is 0.101. The highest BCUT2D eigenvalue weighted by Gasteiger charge is 2.27. The van der Waals surface area contributed by atoms with Crippen LogP contribution in [-0.4, -0.2) is 45.5 Å². The number of imidazole rings is 1. The molecule has 0 spiro atoms. The van der Waals surface area contributed by atoms with Crippen LogP contribution in [0.1, 0.15) is 48.1 Å². The Morgan fingerprint density at radius 2 is 1.81 bits per heavy atom. The number of hydrogen-bond acceptors (Lipinski definition) is 6. The van der Waals surface area contributed by atoms with Crippen molar-refractivity contribution in [1.29, 1.82) is 0 Å². The molecule has 0 saturated carbocycles. The number of nitrogens with zero attached hydrogens (tertiary/aromatic N) is 4. The predicted octanol–water partition coefficient (Wildman–Crippen LogP) is 5.06. The van der Waals surface area contributed by atoms with Gasteiger partial charge in [-0.25, -0.2) is 19.0 Å². The van der Waals surface area contributed by atoms with Crippen LogP contribution in [0.4, 0.5) is 4.79 Å². The number of pyridine rings is 1. The molecule has 4 aromatic rings. The van der Waals surface area contributed by atoms with Gasteiger partial charge in [0.1, 0.15) is 17.1 Å². The van der Waals surface area contributed by atoms with Gasteiger partial charge in [-0.05, 0) is 63.1 Å². The van der Waals surface area contributed by atoms with Crippen LogP contribution < -0.4 is 4.74 Å². The Balaban J connectivity index is 1.54. The maximum Gasteiger partial charge on any atom is 0.429 e. The number of carbonyl (C=O) groups excluding carboxylic acids is 2. The number of rotatable bonds is 8. The summed E-state index contributed by atoms with van der Waals surface area (Å²) in [5.41, 5.74) is 4.53. The molecule has 37 heavy (non-hydrogen) atoms. The zero-order chi connectivity index (χ0) is 26.7. The summed E-state index contributed by atoms with van der Waals surface area (Å²) >= 11 is -2.56. The van der Waals surface area contributed by atoms with E-state index in [0.717, 1.165) is 26.9 Å². The molecule has 0 fully saturated rings. The quantitative estimate of drug-likeness (QED) is 0.255. The highest BCUT2D eigenvalue weighted by atomic mass is 32.2. The fourth-order valence-corrected chi connectivity index (χ4v) is 4.61. The fraction of sp³-hybridized carbons (Fsp3) is 0.259. The first-order valence-electron chi connectivity index (χ1n) is 11.8. The Labute approximate surface area is 217 Å². The number of aromatic nitrogens is 3. The van der Waals surface area contributed by atoms with Gasteiger partial charge in [0.15, 0.2) is 11.4 Å². The van der Waals surface area contributed by atoms with Gasteiger partial charge in [0.05, 0.1) is 6.04 Å². The molecule has 0 radical (unpaired) electrons. The van der Waals surface area contributed by atoms with E-state index in [0.29, 0.717) is 35.3 Å². The number of ether oxygens (including phenoxy) is 1. The summed E-state index contributed by atoms with van der Waals surface area (Å²) in [5.74, 6) is 1.04. The summed E-state index contributed by atoms with van der Waals surface area (Å²) in [4.78, 5) is 33.5. The first-order chi connectivity index (χ1) is 17.7. The predicted molar refractivity (Wildman–Crippen MR) is 141 cm³/mol. The molecule has 0 aliphatic heterocycles. The second-order valence-corrected chi connectivity index (χ2v) is 9.65. The zero-order valence-corrected chi connectivity index (χ0v) is 21.9. The van der Waals surface area contributed by atoms with Crippen LogP contribution in [0.25, 0.3) is 16.9 Å². The van der Waals surface area contributed by atoms with E-state index < -0.39 is 23.4 Å². The first-order valence-corrected chi connectivity index (χ1v) is 12.9. The molecule has 2 aromatic carbocycles. The summed E-state index contributed by atoms with van der Waals surface area (Å²) < 4.78 is 29.8. The van der Waals surface area contributed by atoms with Crippen molar-refractivity contribution in [2.45, 2.75) is 46.6 Å². The van der Waals surface area contributed by atoms with Gasteiger partial charge in [0.25, 0.3) is 11.3 Å². The van der Waals surface area contributed by atoms with Crippen molar-refractivity contribution >= 4 is 34.3 Å². The van der Waals surface area contributed by atoms with Gasteiger partial charge in [-0.2, -0.15) is 4.31 Å². The number of fused-ring (bicyclic) bond motifs is 1. The fourth-order valence-electron chi connectivity index (χ4n) is 4.07. The summed E-state index contributed by atoms with van der Waals surface area (Å²) in [5, 5.41) is 0. The molecule has 9 nitrogen and oxygen atoms in total. The van der Waals surface area contributed by atoms with Crippen molar-refractivity contribution in [1.82, 2.24) is 18.8 Å². The number of hydrogen-bond donors (Lipinski definition) is 1. The lowest BCUT2D eigenvalue weighted by Crippen LogP contribution is -2.42. The van der Waals surface area contributed by atoms with Gasteiger partial charge in [-0.15, -0.1) is 0 Å². The Hall–Kier alpha value is -3.89. The SMILES string of the molecule is CCc1nc2cc(C(C)=O)cnc2n1-c1ccc(CC(C)N(C(=O)Oc2ccc(C)cc2)S(=O)O)cc1. The van der Waals surface area contributed by atoms with E-state index in [4.69, 9.17) is 4.74 Å². The number of amides is 1. The van der Waals surface area contributed by atoms with Crippen LogP contribution in [0, 0.1) is 6.92 Å². The Morgan fingerprint density at radius 1 is 1.14 bits per heavy atom. The summed E-state index contributed by atoms with van der Waals surface area (Å²) in [6, 6.07) is 15.6. The number of aryl methyl sites for hydroxylation is 2. The monoisotopic (exact) mass is 520 g/mol. The highest BCUT2D eigenvalue weighted by molar-refractivity contribution is 7.77. The second-order valence-electron chi connectivity index (χ2n) is 8.80. The van der Waals surface area contributed by atoms with Crippen molar-refractivity contribution in [2.75, 3.05) is 0 Å². The minimum atomic E-state index is -2.56. The molecule has 0 saturated heterocycles. The highest BCUT2D eigenvalue weighted by Crippen LogP contribution is 2.23. The van der Waals surface area contributed by atoms with Crippen LogP contribution in [0.2, 0.25) is 0 Å². The molecule has 1 amide bonds. The zero-order valence-electron chi connectivity index (χ0n) is 21.0. The van der Waals surface area contributed by atoms with E-state index in [1.54, 1.807) is 43.5 Å². The lowest BCUT2D eigenvalue weighted by Gasteiger charge is -2.24. The topological polar surface area (TPSA) is 115 Å². The van der Waals surface area contributed by atoms with Gasteiger partial charge in [0.2, 0.25) is 0 Å². The summed E-state index contributed by atoms with van der Waals surface area (Å²) in [6.45, 7) is 7.09. The molecule has 1 N–H and O–H groups in total. The Morgan fingerprint density at radius 3 is 2.41 bits per heavy atom. The van der Waals surface area contributed by atoms with E-state index >= 15 is 0 Å². The minimum absolute atomic E-state index is 0.0685. The van der Waals surface area contributed by atoms with Crippen molar-refractivity contribution in [2.24, 2.45) is 0 Å². The van der Waals surface area contributed by atoms with Gasteiger partial charge in [0, 0.05) is 23.9 Å². The summed E-state index contributed by atoms with van der Waals surface area (Å²) in [6.07, 6.45) is 1.66. The third kappa shape index (κ3) is 5.76. The average Bonchev–Trinajstić information content (AvgIpc) is 3.23. The molecule has 2 heterocycles. The average molecular weight is 521 g/mol. The molecule has 2 unspecified atom stereocenters. The van der Waals surface area contributed by atoms with E-state index in [9.17, 15) is 18.4 Å². The molecule has 0 aliphatic carbocycles. The molecule has 0 bridgehead atoms. The third-order valence-electron chi connectivity index (χ3n) is 5.99. The Bertz CT molecular complexity index is 1460. The van der Waals surface area contributed by atoms with Crippen LogP contribution in [0.3, 0.4) is 0 Å². The van der Waals surface area contributed by atoms with E-state index in [1.807, 2.05) is 42.7 Å². The first kappa shape index (κ1) is 26.2. The van der Waals surface area contributed by atoms with E-state index in [1.165, 1.54) is 6.92 Å². The maximum atomic E-state index is 12.7. The number of ketones is 1. The molecule has 4 rings (SSSR count). The van der Waals surface area contributed by atoms with Crippen LogP contribution in [0.15, 0.2) is 60.8 Å². The largest absolute Gasteiger partial charge is 0.429 e. The molecule has 192 valence electrons. The number of Topliss-reactive ketones (excluding diaryl/α,β-unsaturated/α-hetero) is 1. The van der Waals surface area contributed by atoms with Gasteiger partial charge >= 0.3 is 6.09 Å². The van der Waals surface area contributed by atoms with Crippen molar-refractivity contribution in [3.63, 3.8) is 0 Å². The van der Waals surface area contributed by atoms with Crippen LogP contribution >= 0.6 is 0 Å². The lowest BCUT2D eigenvalue weighted by atomic mass is 10.1. The minimum Gasteiger partial charge on any atom is -0.409 e. The second kappa shape index (κ2) is 11.0. The molecular formula is C27H28N4O5S. The number of carbonyl (C=O) groups is 2. The van der Waals surface area contributed by atoms with E-state index in [2.05, 4.69) is 9.97 Å². The van der Waals surface area contributed by atoms with Crippen LogP contribution in [-0.2, 0) is 24.1 Å². The van der Waals surface area contributed by atoms with E-state index in [-0.39, 0.29) is 5.78 Å². The molecule has 0 aliphatic rings. The van der Waals surface area contributed by atoms with Crippen molar-refractivity contribution in [3.05, 3.63) is 83.3 Å². The normalized spacial score (nSPS) is 12.8. The van der Waals surface area contributed by atoms with Gasteiger partial charge in [-0.3, -0.25) is 13.9 Å². The smallest absolute Gasteiger partial charge is 0.409 e. The molecular weight excluding hydrogens is 492 g/mol. The number of benzene rings is 2. The van der Waals surface area contributed by atoms with Crippen molar-refractivity contribution in [3.8, 4) is 11.4 Å². The molecule has 10 heteroatoms. The Kier molecular flexibility index (Phi) is 7.80. The molecule has 2 aromatic heterocycles. The van der Waals surface area contributed by atoms with Gasteiger partial charge in [-0.1, -0.05) is 36.8 Å². The van der Waals surface area contributed by atoms with Crippen LogP contribution in [0.5, 0.6) is 5.75 Å². The molecule has 2 atom stereocenters. The standard InChI is InChI=1S/C27H28N4O5S/c1-5-25-29-24-15-21(19(4)32)16-28-26(24)30(25)22-10-8-20(9-11-22)14-18(3)31(37(34)35)27(33)36-23-12-6-17(2)7-13-23/h6-13,15-16,18H,5,14H2,1-4H3,(H,34,35). The summed E-state index contributed by atoms with van der Waals surface area (Å²) in [7, 11) is 0. The maximum absolute atomic E-state index is 12.7. The van der Waals surface area contributed by atoms with Gasteiger partial charge < -0.3 is 4.74 Å².